The summed E-state index contributed by atoms with van der Waals surface area (Å²) in [7, 11) is 0. The van der Waals surface area contributed by atoms with E-state index in [1.165, 1.54) is 0 Å². The summed E-state index contributed by atoms with van der Waals surface area (Å²) in [6.07, 6.45) is -0.0681. The molecule has 0 aliphatic carbocycles. The summed E-state index contributed by atoms with van der Waals surface area (Å²) in [6, 6.07) is 12.1. The number of carbonyl (C=O) groups is 1. The Kier molecular flexibility index (Phi) is 6.87. The molecule has 2 aromatic rings. The third kappa shape index (κ3) is 5.86. The van der Waals surface area contributed by atoms with Crippen LogP contribution in [0.15, 0.2) is 48.5 Å². The van der Waals surface area contributed by atoms with Crippen molar-refractivity contribution in [3.8, 4) is 0 Å². The van der Waals surface area contributed by atoms with E-state index >= 15 is 0 Å². The molecule has 0 spiro atoms. The molecule has 0 fully saturated rings. The van der Waals surface area contributed by atoms with E-state index in [0.717, 1.165) is 23.8 Å². The molecule has 1 amide bonds. The fourth-order valence-electron chi connectivity index (χ4n) is 2.20. The molecule has 6 heteroatoms. The van der Waals surface area contributed by atoms with Crippen molar-refractivity contribution in [2.24, 2.45) is 0 Å². The summed E-state index contributed by atoms with van der Waals surface area (Å²) in [4.78, 5) is 22.6. The van der Waals surface area contributed by atoms with Gasteiger partial charge in [0.1, 0.15) is 24.2 Å². The van der Waals surface area contributed by atoms with E-state index in [1.54, 1.807) is 5.94 Å². The molecule has 2 aromatic carbocycles. The molecule has 0 saturated carbocycles. The highest BCUT2D eigenvalue weighted by molar-refractivity contribution is 5.87. The number of ether oxygens (including phenoxy) is 1. The molecule has 0 aliphatic rings. The molecule has 2 rings (SSSR count). The van der Waals surface area contributed by atoms with Crippen LogP contribution >= 0.6 is 0 Å². The molecule has 0 aliphatic heterocycles. The number of benzene rings is 2. The number of amides is 1. The van der Waals surface area contributed by atoms with Crippen molar-refractivity contribution in [3.05, 3.63) is 71.3 Å². The van der Waals surface area contributed by atoms with Crippen LogP contribution in [0.25, 0.3) is 5.57 Å². The maximum Gasteiger partial charge on any atom is 0.407 e. The normalized spacial score (nSPS) is 10.0. The summed E-state index contributed by atoms with van der Waals surface area (Å²) in [6.45, 7) is 0.385. The lowest BCUT2D eigenvalue weighted by molar-refractivity contribution is 0.139. The van der Waals surface area contributed by atoms with Gasteiger partial charge in [0.25, 0.3) is 0 Å². The van der Waals surface area contributed by atoms with E-state index in [2.05, 4.69) is 5.32 Å². The predicted molar refractivity (Wildman–Crippen MR) is 89.3 cm³/mol. The first-order valence-electron chi connectivity index (χ1n) is 7.74. The highest BCUT2D eigenvalue weighted by Crippen LogP contribution is 2.21. The topological polar surface area (TPSA) is 55.4 Å². The average molecular weight is 345 g/mol. The van der Waals surface area contributed by atoms with Crippen molar-refractivity contribution >= 4 is 17.6 Å². The van der Waals surface area contributed by atoms with Gasteiger partial charge in [-0.3, -0.25) is 0 Å². The van der Waals surface area contributed by atoms with Crippen molar-refractivity contribution in [2.45, 2.75) is 19.4 Å². The van der Waals surface area contributed by atoms with E-state index in [-0.39, 0.29) is 30.7 Å². The lowest BCUT2D eigenvalue weighted by Gasteiger charge is -2.08. The van der Waals surface area contributed by atoms with E-state index < -0.39 is 17.7 Å². The van der Waals surface area contributed by atoms with Crippen molar-refractivity contribution in [2.75, 3.05) is 6.54 Å². The van der Waals surface area contributed by atoms with E-state index in [9.17, 15) is 18.4 Å². The van der Waals surface area contributed by atoms with Gasteiger partial charge in [-0.15, -0.1) is 0 Å². The Morgan fingerprint density at radius 1 is 1.12 bits per heavy atom. The standard InChI is InChI=1S/C19H17F2NO3/c20-16-8-9-18(21)17(11-16)15(12-23)7-4-10-22-19(24)25-13-14-5-2-1-3-6-14/h1-3,5-6,8-9,11H,4,7,10,13H2,(H,22,24). The van der Waals surface area contributed by atoms with Crippen LogP contribution in [-0.4, -0.2) is 18.6 Å². The third-order valence-corrected chi connectivity index (χ3v) is 3.46. The lowest BCUT2D eigenvalue weighted by Crippen LogP contribution is -2.25. The zero-order valence-corrected chi connectivity index (χ0v) is 13.4. The number of rotatable bonds is 7. The van der Waals surface area contributed by atoms with Gasteiger partial charge in [-0.25, -0.2) is 18.4 Å². The van der Waals surface area contributed by atoms with Gasteiger partial charge in [-0.05, 0) is 36.6 Å². The minimum absolute atomic E-state index is 0.0245. The monoisotopic (exact) mass is 345 g/mol. The van der Waals surface area contributed by atoms with Gasteiger partial charge in [-0.1, -0.05) is 30.3 Å². The van der Waals surface area contributed by atoms with Gasteiger partial charge in [0.15, 0.2) is 0 Å². The van der Waals surface area contributed by atoms with E-state index in [4.69, 9.17) is 4.74 Å². The molecule has 25 heavy (non-hydrogen) atoms. The van der Waals surface area contributed by atoms with Gasteiger partial charge >= 0.3 is 6.09 Å². The van der Waals surface area contributed by atoms with Crippen LogP contribution in [0.4, 0.5) is 13.6 Å². The molecule has 0 heterocycles. The van der Waals surface area contributed by atoms with Crippen LogP contribution < -0.4 is 5.32 Å². The largest absolute Gasteiger partial charge is 0.445 e. The van der Waals surface area contributed by atoms with Gasteiger partial charge in [0, 0.05) is 17.7 Å². The number of hydrogen-bond acceptors (Lipinski definition) is 3. The molecule has 0 aromatic heterocycles. The summed E-state index contributed by atoms with van der Waals surface area (Å²) in [5, 5.41) is 2.54. The highest BCUT2D eigenvalue weighted by atomic mass is 19.1. The summed E-state index contributed by atoms with van der Waals surface area (Å²) >= 11 is 0. The zero-order chi connectivity index (χ0) is 18.1. The Balaban J connectivity index is 1.75. The van der Waals surface area contributed by atoms with Crippen LogP contribution in [0.2, 0.25) is 0 Å². The van der Waals surface area contributed by atoms with Crippen molar-refractivity contribution in [1.82, 2.24) is 5.32 Å². The second-order valence-corrected chi connectivity index (χ2v) is 5.30. The van der Waals surface area contributed by atoms with Crippen LogP contribution in [0.5, 0.6) is 0 Å². The summed E-state index contributed by atoms with van der Waals surface area (Å²) in [5.74, 6) is 0.319. The molecule has 0 radical (unpaired) electrons. The number of alkyl carbamates (subject to hydrolysis) is 1. The predicted octanol–water partition coefficient (Wildman–Crippen LogP) is 3.89. The lowest BCUT2D eigenvalue weighted by atomic mass is 10.0. The van der Waals surface area contributed by atoms with Crippen molar-refractivity contribution in [3.63, 3.8) is 0 Å². The van der Waals surface area contributed by atoms with E-state index in [1.807, 2.05) is 30.3 Å². The number of hydrogen-bond donors (Lipinski definition) is 1. The van der Waals surface area contributed by atoms with Crippen LogP contribution in [0.1, 0.15) is 24.0 Å². The zero-order valence-electron chi connectivity index (χ0n) is 13.4. The third-order valence-electron chi connectivity index (χ3n) is 3.46. The summed E-state index contributed by atoms with van der Waals surface area (Å²) < 4.78 is 31.9. The highest BCUT2D eigenvalue weighted by Gasteiger charge is 2.11. The minimum atomic E-state index is -0.685. The number of halogens is 2. The Morgan fingerprint density at radius 2 is 1.88 bits per heavy atom. The quantitative estimate of drug-likeness (QED) is 0.612. The van der Waals surface area contributed by atoms with Crippen molar-refractivity contribution in [1.29, 1.82) is 0 Å². The first-order valence-corrected chi connectivity index (χ1v) is 7.74. The first kappa shape index (κ1) is 18.4. The molecule has 1 N–H and O–H groups in total. The second kappa shape index (κ2) is 9.35. The van der Waals surface area contributed by atoms with Crippen LogP contribution in [0.3, 0.4) is 0 Å². The maximum absolute atomic E-state index is 13.6. The van der Waals surface area contributed by atoms with E-state index in [0.29, 0.717) is 6.42 Å². The smallest absolute Gasteiger partial charge is 0.407 e. The first-order chi connectivity index (χ1) is 12.1. The average Bonchev–Trinajstić information content (AvgIpc) is 2.63. The van der Waals surface area contributed by atoms with Crippen LogP contribution in [-0.2, 0) is 16.1 Å². The Morgan fingerprint density at radius 3 is 2.60 bits per heavy atom. The SMILES string of the molecule is O=C=C(CCCNC(=O)OCc1ccccc1)c1cc(F)ccc1F. The Bertz CT molecular complexity index is 771. The van der Waals surface area contributed by atoms with Crippen LogP contribution in [0, 0.1) is 11.6 Å². The van der Waals surface area contributed by atoms with Gasteiger partial charge < -0.3 is 10.1 Å². The second-order valence-electron chi connectivity index (χ2n) is 5.30. The van der Waals surface area contributed by atoms with Gasteiger partial charge in [-0.2, -0.15) is 0 Å². The molecule has 4 nitrogen and oxygen atoms in total. The van der Waals surface area contributed by atoms with Gasteiger partial charge in [0.2, 0.25) is 0 Å². The fraction of sp³-hybridized carbons (Fsp3) is 0.211. The number of allylic oxidation sites excluding steroid dienone is 1. The van der Waals surface area contributed by atoms with Gasteiger partial charge in [0.05, 0.1) is 0 Å². The number of carbonyl (C=O) groups excluding carboxylic acids is 2. The Labute approximate surface area is 144 Å². The summed E-state index contributed by atoms with van der Waals surface area (Å²) in [5.41, 5.74) is 0.781. The molecule has 0 saturated heterocycles. The molecular weight excluding hydrogens is 328 g/mol. The maximum atomic E-state index is 13.6. The molecular formula is C19H17F2NO3. The number of nitrogens with one attached hydrogen (secondary N) is 1. The molecule has 0 unspecified atom stereocenters. The minimum Gasteiger partial charge on any atom is -0.445 e. The molecule has 130 valence electrons. The fourth-order valence-corrected chi connectivity index (χ4v) is 2.20. The van der Waals surface area contributed by atoms with Crippen molar-refractivity contribution < 1.29 is 23.1 Å². The molecule has 0 atom stereocenters. The Hall–Kier alpha value is -2.98. The molecule has 0 bridgehead atoms.